The number of rotatable bonds is 5. The fourth-order valence-electron chi connectivity index (χ4n) is 2.49. The molecule has 1 aromatic heterocycles. The van der Waals surface area contributed by atoms with Crippen LogP contribution >= 0.6 is 0 Å². The second-order valence-electron chi connectivity index (χ2n) is 5.28. The normalized spacial score (nSPS) is 14.0. The number of carbonyl (C=O) groups is 1. The van der Waals surface area contributed by atoms with E-state index in [4.69, 9.17) is 5.73 Å². The van der Waals surface area contributed by atoms with Gasteiger partial charge < -0.3 is 10.6 Å². The van der Waals surface area contributed by atoms with Crippen molar-refractivity contribution in [1.29, 1.82) is 0 Å². The molecule has 0 aliphatic carbocycles. The Morgan fingerprint density at radius 2 is 2.05 bits per heavy atom. The lowest BCUT2D eigenvalue weighted by Gasteiger charge is -2.22. The molecule has 6 heteroatoms. The van der Waals surface area contributed by atoms with Crippen LogP contribution in [0.4, 0.5) is 5.69 Å². The number of hydrogen-bond donors (Lipinski definition) is 1. The summed E-state index contributed by atoms with van der Waals surface area (Å²) in [5.74, 6) is 0.500. The minimum Gasteiger partial charge on any atom is -0.387 e. The molecule has 1 aliphatic rings. The van der Waals surface area contributed by atoms with Gasteiger partial charge in [-0.05, 0) is 18.9 Å². The van der Waals surface area contributed by atoms with E-state index in [1.54, 1.807) is 10.9 Å². The molecule has 2 heterocycles. The van der Waals surface area contributed by atoms with Crippen molar-refractivity contribution in [2.75, 3.05) is 13.1 Å². The maximum atomic E-state index is 12.7. The van der Waals surface area contributed by atoms with Crippen molar-refractivity contribution >= 4 is 23.5 Å². The molecule has 1 amide bonds. The highest BCUT2D eigenvalue weighted by atomic mass is 16.2. The van der Waals surface area contributed by atoms with E-state index < -0.39 is 0 Å². The highest BCUT2D eigenvalue weighted by Crippen LogP contribution is 2.26. The number of amides is 1. The second-order valence-corrected chi connectivity index (χ2v) is 5.28. The SMILES string of the molecule is CCCN(CCC)C(=O)C1=Cc2c(cnn2C)N=C(N)C1. The van der Waals surface area contributed by atoms with Gasteiger partial charge in [0.1, 0.15) is 11.5 Å². The van der Waals surface area contributed by atoms with E-state index in [-0.39, 0.29) is 5.91 Å². The van der Waals surface area contributed by atoms with Crippen LogP contribution in [0.3, 0.4) is 0 Å². The van der Waals surface area contributed by atoms with Crippen molar-refractivity contribution < 1.29 is 4.79 Å². The molecule has 2 N–H and O–H groups in total. The largest absolute Gasteiger partial charge is 0.387 e. The summed E-state index contributed by atoms with van der Waals surface area (Å²) in [6, 6.07) is 0. The molecule has 1 aromatic rings. The van der Waals surface area contributed by atoms with E-state index in [0.29, 0.717) is 17.8 Å². The van der Waals surface area contributed by atoms with Gasteiger partial charge in [0.15, 0.2) is 0 Å². The van der Waals surface area contributed by atoms with Gasteiger partial charge in [-0.3, -0.25) is 9.48 Å². The molecular formula is C15H23N5O. The monoisotopic (exact) mass is 289 g/mol. The zero-order chi connectivity index (χ0) is 15.4. The Hall–Kier alpha value is -2.11. The number of aliphatic imine (C=N–C) groups is 1. The summed E-state index contributed by atoms with van der Waals surface area (Å²) >= 11 is 0. The lowest BCUT2D eigenvalue weighted by Crippen LogP contribution is -2.34. The van der Waals surface area contributed by atoms with Crippen LogP contribution in [0.25, 0.3) is 6.08 Å². The maximum Gasteiger partial charge on any atom is 0.250 e. The lowest BCUT2D eigenvalue weighted by molar-refractivity contribution is -0.127. The van der Waals surface area contributed by atoms with E-state index in [0.717, 1.165) is 37.3 Å². The molecule has 0 radical (unpaired) electrons. The van der Waals surface area contributed by atoms with E-state index in [1.807, 2.05) is 18.0 Å². The molecule has 2 rings (SSSR count). The van der Waals surface area contributed by atoms with Gasteiger partial charge in [0.25, 0.3) is 0 Å². The van der Waals surface area contributed by atoms with Crippen LogP contribution in [0, 0.1) is 0 Å². The second kappa shape index (κ2) is 6.56. The molecule has 0 atom stereocenters. The predicted octanol–water partition coefficient (Wildman–Crippen LogP) is 1.84. The van der Waals surface area contributed by atoms with Gasteiger partial charge in [-0.2, -0.15) is 5.10 Å². The molecule has 0 saturated heterocycles. The smallest absolute Gasteiger partial charge is 0.250 e. The number of amidine groups is 1. The van der Waals surface area contributed by atoms with Crippen molar-refractivity contribution in [2.24, 2.45) is 17.8 Å². The first-order chi connectivity index (χ1) is 10.1. The van der Waals surface area contributed by atoms with Crippen molar-refractivity contribution in [3.8, 4) is 0 Å². The summed E-state index contributed by atoms with van der Waals surface area (Å²) < 4.78 is 1.72. The number of aromatic nitrogens is 2. The van der Waals surface area contributed by atoms with Gasteiger partial charge in [0.05, 0.1) is 11.9 Å². The van der Waals surface area contributed by atoms with Crippen LogP contribution in [-0.4, -0.2) is 39.5 Å². The van der Waals surface area contributed by atoms with E-state index >= 15 is 0 Å². The van der Waals surface area contributed by atoms with Crippen molar-refractivity contribution in [3.05, 3.63) is 17.5 Å². The number of nitrogens with two attached hydrogens (primary N) is 1. The minimum absolute atomic E-state index is 0.0471. The molecule has 0 spiro atoms. The number of carbonyl (C=O) groups excluding carboxylic acids is 1. The molecule has 0 bridgehead atoms. The van der Waals surface area contributed by atoms with Gasteiger partial charge in [-0.15, -0.1) is 0 Å². The number of nitrogens with zero attached hydrogens (tertiary/aromatic N) is 4. The topological polar surface area (TPSA) is 76.5 Å². The van der Waals surface area contributed by atoms with Crippen molar-refractivity contribution in [2.45, 2.75) is 33.1 Å². The number of hydrogen-bond acceptors (Lipinski definition) is 4. The van der Waals surface area contributed by atoms with Crippen LogP contribution in [0.1, 0.15) is 38.8 Å². The van der Waals surface area contributed by atoms with E-state index in [9.17, 15) is 4.79 Å². The molecule has 114 valence electrons. The summed E-state index contributed by atoms with van der Waals surface area (Å²) in [5, 5.41) is 4.17. The fraction of sp³-hybridized carbons (Fsp3) is 0.533. The quantitative estimate of drug-likeness (QED) is 0.898. The fourth-order valence-corrected chi connectivity index (χ4v) is 2.49. The van der Waals surface area contributed by atoms with Crippen LogP contribution in [0.2, 0.25) is 0 Å². The Balaban J connectivity index is 2.34. The average molecular weight is 289 g/mol. The summed E-state index contributed by atoms with van der Waals surface area (Å²) in [4.78, 5) is 19.0. The van der Waals surface area contributed by atoms with Gasteiger partial charge in [0.2, 0.25) is 5.91 Å². The molecular weight excluding hydrogens is 266 g/mol. The molecule has 21 heavy (non-hydrogen) atoms. The standard InChI is InChI=1S/C15H23N5O/c1-4-6-20(7-5-2)15(21)11-8-13-12(10-17-19(13)3)18-14(16)9-11/h8,10H,4-7,9H2,1-3H3,(H2,16,18). The van der Waals surface area contributed by atoms with Crippen LogP contribution in [0.5, 0.6) is 0 Å². The highest BCUT2D eigenvalue weighted by Gasteiger charge is 2.21. The summed E-state index contributed by atoms with van der Waals surface area (Å²) in [5.41, 5.74) is 8.16. The molecule has 1 aliphatic heterocycles. The van der Waals surface area contributed by atoms with Crippen LogP contribution in [0.15, 0.2) is 16.8 Å². The third kappa shape index (κ3) is 3.32. The van der Waals surface area contributed by atoms with Crippen molar-refractivity contribution in [3.63, 3.8) is 0 Å². The zero-order valence-electron chi connectivity index (χ0n) is 13.0. The highest BCUT2D eigenvalue weighted by molar-refractivity contribution is 6.05. The first-order valence-electron chi connectivity index (χ1n) is 7.41. The molecule has 0 saturated carbocycles. The van der Waals surface area contributed by atoms with Gasteiger partial charge in [0, 0.05) is 32.1 Å². The molecule has 0 aromatic carbocycles. The number of aryl methyl sites for hydroxylation is 1. The minimum atomic E-state index is 0.0471. The van der Waals surface area contributed by atoms with Crippen LogP contribution < -0.4 is 5.73 Å². The Morgan fingerprint density at radius 1 is 1.38 bits per heavy atom. The van der Waals surface area contributed by atoms with E-state index in [1.165, 1.54) is 0 Å². The number of fused-ring (bicyclic) bond motifs is 1. The molecule has 0 fully saturated rings. The molecule has 0 unspecified atom stereocenters. The zero-order valence-corrected chi connectivity index (χ0v) is 13.0. The van der Waals surface area contributed by atoms with Gasteiger partial charge in [-0.1, -0.05) is 13.8 Å². The Kier molecular flexibility index (Phi) is 4.77. The van der Waals surface area contributed by atoms with Crippen molar-refractivity contribution in [1.82, 2.24) is 14.7 Å². The van der Waals surface area contributed by atoms with Gasteiger partial charge in [-0.25, -0.2) is 4.99 Å². The first kappa shape index (κ1) is 15.3. The average Bonchev–Trinajstić information content (AvgIpc) is 2.69. The Morgan fingerprint density at radius 3 is 2.67 bits per heavy atom. The first-order valence-corrected chi connectivity index (χ1v) is 7.41. The Bertz CT molecular complexity index is 579. The van der Waals surface area contributed by atoms with Gasteiger partial charge >= 0.3 is 0 Å². The summed E-state index contributed by atoms with van der Waals surface area (Å²) in [7, 11) is 1.84. The third-order valence-electron chi connectivity index (χ3n) is 3.46. The van der Waals surface area contributed by atoms with E-state index in [2.05, 4.69) is 23.9 Å². The molecule has 6 nitrogen and oxygen atoms in total. The third-order valence-corrected chi connectivity index (χ3v) is 3.46. The summed E-state index contributed by atoms with van der Waals surface area (Å²) in [6.07, 6.45) is 5.81. The Labute approximate surface area is 125 Å². The predicted molar refractivity (Wildman–Crippen MR) is 84.2 cm³/mol. The summed E-state index contributed by atoms with van der Waals surface area (Å²) in [6.45, 7) is 5.68. The lowest BCUT2D eigenvalue weighted by atomic mass is 10.1. The van der Waals surface area contributed by atoms with Crippen LogP contribution in [-0.2, 0) is 11.8 Å². The maximum absolute atomic E-state index is 12.7.